The van der Waals surface area contributed by atoms with Gasteiger partial charge in [-0.05, 0) is 32.0 Å². The Hall–Kier alpha value is -3.33. The van der Waals surface area contributed by atoms with Crippen LogP contribution in [0.15, 0.2) is 42.5 Å². The summed E-state index contributed by atoms with van der Waals surface area (Å²) in [5.41, 5.74) is 4.36. The summed E-state index contributed by atoms with van der Waals surface area (Å²) in [4.78, 5) is 12.7. The Balaban J connectivity index is 1.96. The molecule has 1 aliphatic heterocycles. The van der Waals surface area contributed by atoms with Crippen LogP contribution in [0.4, 0.5) is 24.7 Å². The fraction of sp³-hybridized carbons (Fsp3) is 0.200. The third-order valence-corrected chi connectivity index (χ3v) is 5.04. The van der Waals surface area contributed by atoms with Crippen molar-refractivity contribution in [2.75, 3.05) is 11.1 Å². The van der Waals surface area contributed by atoms with Crippen molar-refractivity contribution >= 4 is 17.4 Å². The number of aliphatic hydroxyl groups is 1. The molecule has 0 unspecified atom stereocenters. The summed E-state index contributed by atoms with van der Waals surface area (Å²) in [5.74, 6) is -0.984. The predicted molar refractivity (Wildman–Crippen MR) is 101 cm³/mol. The summed E-state index contributed by atoms with van der Waals surface area (Å²) in [6.45, 7) is 3.28. The van der Waals surface area contributed by atoms with Crippen LogP contribution in [-0.4, -0.2) is 20.8 Å². The maximum absolute atomic E-state index is 13.5. The lowest BCUT2D eigenvalue weighted by atomic mass is 9.86. The molecule has 6 nitrogen and oxygen atoms in total. The highest BCUT2D eigenvalue weighted by molar-refractivity contribution is 6.08. The summed E-state index contributed by atoms with van der Waals surface area (Å²) in [7, 11) is 0. The minimum absolute atomic E-state index is 0.0451. The van der Waals surface area contributed by atoms with Crippen molar-refractivity contribution in [3.8, 4) is 5.69 Å². The molecule has 0 fully saturated rings. The van der Waals surface area contributed by atoms with Crippen molar-refractivity contribution < 1.29 is 23.1 Å². The van der Waals surface area contributed by atoms with Gasteiger partial charge in [-0.3, -0.25) is 4.79 Å². The molecule has 29 heavy (non-hydrogen) atoms. The van der Waals surface area contributed by atoms with E-state index in [1.165, 1.54) is 25.1 Å². The molecule has 1 amide bonds. The number of aromatic nitrogens is 2. The lowest BCUT2D eigenvalue weighted by Crippen LogP contribution is -2.36. The monoisotopic (exact) mass is 402 g/mol. The SMILES string of the molecule is Cc1ccc2c(c1)[C@@](O)(c1c(C)nn(-c3ccccc3C(F)(F)F)c1N)C(=O)N2. The van der Waals surface area contributed by atoms with Gasteiger partial charge in [0.1, 0.15) is 5.82 Å². The van der Waals surface area contributed by atoms with Gasteiger partial charge in [-0.1, -0.05) is 29.8 Å². The molecule has 150 valence electrons. The number of carbonyl (C=O) groups is 1. The normalized spacial score (nSPS) is 18.6. The molecular weight excluding hydrogens is 385 g/mol. The van der Waals surface area contributed by atoms with E-state index in [1.807, 2.05) is 0 Å². The van der Waals surface area contributed by atoms with Crippen LogP contribution in [0.25, 0.3) is 5.69 Å². The summed E-state index contributed by atoms with van der Waals surface area (Å²) in [6.07, 6.45) is -4.63. The van der Waals surface area contributed by atoms with Crippen LogP contribution in [0.5, 0.6) is 0 Å². The topological polar surface area (TPSA) is 93.2 Å². The van der Waals surface area contributed by atoms with Crippen LogP contribution in [0.1, 0.15) is 27.9 Å². The van der Waals surface area contributed by atoms with Gasteiger partial charge in [0.25, 0.3) is 5.91 Å². The number of amides is 1. The van der Waals surface area contributed by atoms with E-state index in [1.54, 1.807) is 25.1 Å². The van der Waals surface area contributed by atoms with Gasteiger partial charge in [0, 0.05) is 11.3 Å². The zero-order valence-corrected chi connectivity index (χ0v) is 15.5. The summed E-state index contributed by atoms with van der Waals surface area (Å²) >= 11 is 0. The van der Waals surface area contributed by atoms with Gasteiger partial charge in [0.2, 0.25) is 5.60 Å². The number of rotatable bonds is 2. The largest absolute Gasteiger partial charge is 0.418 e. The van der Waals surface area contributed by atoms with E-state index in [0.717, 1.165) is 16.3 Å². The fourth-order valence-electron chi connectivity index (χ4n) is 3.72. The van der Waals surface area contributed by atoms with Crippen LogP contribution in [0, 0.1) is 13.8 Å². The lowest BCUT2D eigenvalue weighted by Gasteiger charge is -2.22. The maximum Gasteiger partial charge on any atom is 0.418 e. The maximum atomic E-state index is 13.5. The molecule has 0 spiro atoms. The van der Waals surface area contributed by atoms with Gasteiger partial charge in [-0.2, -0.15) is 18.3 Å². The van der Waals surface area contributed by atoms with E-state index >= 15 is 0 Å². The number of carbonyl (C=O) groups excluding carboxylic acids is 1. The number of hydrogen-bond acceptors (Lipinski definition) is 4. The fourth-order valence-corrected chi connectivity index (χ4v) is 3.72. The zero-order valence-electron chi connectivity index (χ0n) is 15.5. The smallest absolute Gasteiger partial charge is 0.383 e. The molecule has 0 bridgehead atoms. The van der Waals surface area contributed by atoms with E-state index in [9.17, 15) is 23.1 Å². The number of hydrogen-bond donors (Lipinski definition) is 3. The molecule has 9 heteroatoms. The second-order valence-corrected chi connectivity index (χ2v) is 6.99. The number of fused-ring (bicyclic) bond motifs is 1. The number of halogens is 3. The first-order valence-corrected chi connectivity index (χ1v) is 8.72. The minimum Gasteiger partial charge on any atom is -0.383 e. The van der Waals surface area contributed by atoms with Gasteiger partial charge in [0.15, 0.2) is 0 Å². The quantitative estimate of drug-likeness (QED) is 0.613. The van der Waals surface area contributed by atoms with E-state index in [-0.39, 0.29) is 28.3 Å². The van der Waals surface area contributed by atoms with Crippen LogP contribution in [-0.2, 0) is 16.6 Å². The van der Waals surface area contributed by atoms with Crippen LogP contribution < -0.4 is 11.1 Å². The van der Waals surface area contributed by atoms with Gasteiger partial charge < -0.3 is 16.2 Å². The van der Waals surface area contributed by atoms with E-state index < -0.39 is 23.2 Å². The molecular formula is C20H17F3N4O2. The summed E-state index contributed by atoms with van der Waals surface area (Å²) in [6, 6.07) is 9.88. The average Bonchev–Trinajstić information content (AvgIpc) is 3.08. The zero-order chi connectivity index (χ0) is 21.1. The van der Waals surface area contributed by atoms with Crippen molar-refractivity contribution in [2.45, 2.75) is 25.6 Å². The summed E-state index contributed by atoms with van der Waals surface area (Å²) in [5, 5.41) is 18.1. The second kappa shape index (κ2) is 6.08. The second-order valence-electron chi connectivity index (χ2n) is 6.99. The molecule has 0 radical (unpaired) electrons. The standard InChI is InChI=1S/C20H17F3N4O2/c1-10-7-8-14-13(9-10)19(29,18(28)25-14)16-11(2)26-27(17(16)24)15-6-4-3-5-12(15)20(21,22)23/h3-9,29H,24H2,1-2H3,(H,25,28)/t19-/m1/s1. The molecule has 3 aromatic rings. The highest BCUT2D eigenvalue weighted by atomic mass is 19.4. The molecule has 2 aromatic carbocycles. The van der Waals surface area contributed by atoms with Crippen molar-refractivity contribution in [1.82, 2.24) is 9.78 Å². The molecule has 0 saturated carbocycles. The molecule has 2 heterocycles. The van der Waals surface area contributed by atoms with Gasteiger partial charge >= 0.3 is 6.18 Å². The first-order valence-electron chi connectivity index (χ1n) is 8.72. The van der Waals surface area contributed by atoms with Gasteiger partial charge in [-0.15, -0.1) is 0 Å². The number of benzene rings is 2. The number of aryl methyl sites for hydroxylation is 2. The molecule has 4 N–H and O–H groups in total. The Morgan fingerprint density at radius 3 is 2.55 bits per heavy atom. The molecule has 4 rings (SSSR count). The molecule has 0 aliphatic carbocycles. The van der Waals surface area contributed by atoms with E-state index in [2.05, 4.69) is 10.4 Å². The molecule has 1 atom stereocenters. The number of nitrogens with two attached hydrogens (primary N) is 1. The minimum atomic E-state index is -4.63. The Morgan fingerprint density at radius 2 is 1.86 bits per heavy atom. The number of alkyl halides is 3. The number of nitrogens with one attached hydrogen (secondary N) is 1. The van der Waals surface area contributed by atoms with Crippen molar-refractivity contribution in [3.63, 3.8) is 0 Å². The number of nitrogens with zero attached hydrogens (tertiary/aromatic N) is 2. The van der Waals surface area contributed by atoms with Crippen molar-refractivity contribution in [3.05, 3.63) is 70.4 Å². The van der Waals surface area contributed by atoms with E-state index in [0.29, 0.717) is 5.69 Å². The van der Waals surface area contributed by atoms with Crippen LogP contribution in [0.2, 0.25) is 0 Å². The van der Waals surface area contributed by atoms with Crippen LogP contribution >= 0.6 is 0 Å². The van der Waals surface area contributed by atoms with E-state index in [4.69, 9.17) is 5.73 Å². The van der Waals surface area contributed by atoms with Crippen molar-refractivity contribution in [1.29, 1.82) is 0 Å². The van der Waals surface area contributed by atoms with Crippen LogP contribution in [0.3, 0.4) is 0 Å². The van der Waals surface area contributed by atoms with Crippen molar-refractivity contribution in [2.24, 2.45) is 0 Å². The number of nitrogen functional groups attached to an aromatic ring is 1. The number of anilines is 2. The highest BCUT2D eigenvalue weighted by Crippen LogP contribution is 2.45. The Bertz CT molecular complexity index is 1150. The van der Waals surface area contributed by atoms with Gasteiger partial charge in [0.05, 0.1) is 22.5 Å². The Kier molecular flexibility index (Phi) is 3.99. The molecule has 1 aromatic heterocycles. The average molecular weight is 402 g/mol. The third kappa shape index (κ3) is 2.69. The third-order valence-electron chi connectivity index (χ3n) is 5.04. The lowest BCUT2D eigenvalue weighted by molar-refractivity contribution is -0.137. The summed E-state index contributed by atoms with van der Waals surface area (Å²) < 4.78 is 41.3. The number of para-hydroxylation sites is 1. The Morgan fingerprint density at radius 1 is 1.17 bits per heavy atom. The highest BCUT2D eigenvalue weighted by Gasteiger charge is 2.50. The molecule has 1 aliphatic rings. The Labute approximate surface area is 163 Å². The van der Waals surface area contributed by atoms with Gasteiger partial charge in [-0.25, -0.2) is 4.68 Å². The first-order chi connectivity index (χ1) is 13.5. The molecule has 0 saturated heterocycles. The predicted octanol–water partition coefficient (Wildman–Crippen LogP) is 3.28. The first kappa shape index (κ1) is 19.0.